The molecule has 0 saturated heterocycles. The molecule has 0 aliphatic heterocycles. The Balaban J connectivity index is 1.69. The number of pyridine rings is 1. The van der Waals surface area contributed by atoms with E-state index in [1.165, 1.54) is 29.4 Å². The molecule has 0 atom stereocenters. The van der Waals surface area contributed by atoms with Crippen molar-refractivity contribution in [1.29, 1.82) is 0 Å². The second-order valence-electron chi connectivity index (χ2n) is 5.40. The van der Waals surface area contributed by atoms with Crippen molar-refractivity contribution in [1.82, 2.24) is 14.5 Å². The summed E-state index contributed by atoms with van der Waals surface area (Å²) in [6, 6.07) is 6.09. The number of benzene rings is 1. The fourth-order valence-electron chi connectivity index (χ4n) is 2.28. The van der Waals surface area contributed by atoms with Crippen molar-refractivity contribution in [3.63, 3.8) is 0 Å². The van der Waals surface area contributed by atoms with E-state index in [-0.39, 0.29) is 30.2 Å². The van der Waals surface area contributed by atoms with Gasteiger partial charge in [0.25, 0.3) is 5.56 Å². The Kier molecular flexibility index (Phi) is 4.33. The summed E-state index contributed by atoms with van der Waals surface area (Å²) in [7, 11) is 0. The molecule has 2 aromatic heterocycles. The van der Waals surface area contributed by atoms with E-state index in [2.05, 4.69) is 15.3 Å². The summed E-state index contributed by atoms with van der Waals surface area (Å²) in [5, 5.41) is 3.06. The van der Waals surface area contributed by atoms with Crippen molar-refractivity contribution < 1.29 is 9.18 Å². The molecular formula is C17H15FN4O2. The highest BCUT2D eigenvalue weighted by atomic mass is 19.1. The van der Waals surface area contributed by atoms with Gasteiger partial charge in [0.2, 0.25) is 5.91 Å². The minimum atomic E-state index is -0.378. The van der Waals surface area contributed by atoms with Gasteiger partial charge in [-0.25, -0.2) is 9.37 Å². The molecule has 0 bridgehead atoms. The van der Waals surface area contributed by atoms with Gasteiger partial charge in [-0.1, -0.05) is 6.07 Å². The minimum Gasteiger partial charge on any atom is -0.326 e. The third-order valence-corrected chi connectivity index (χ3v) is 3.66. The highest BCUT2D eigenvalue weighted by molar-refractivity contribution is 5.90. The Morgan fingerprint density at radius 2 is 2.17 bits per heavy atom. The third-order valence-electron chi connectivity index (χ3n) is 3.66. The van der Waals surface area contributed by atoms with E-state index >= 15 is 0 Å². The largest absolute Gasteiger partial charge is 0.326 e. The zero-order valence-corrected chi connectivity index (χ0v) is 13.0. The summed E-state index contributed by atoms with van der Waals surface area (Å²) < 4.78 is 14.8. The number of halogens is 1. The van der Waals surface area contributed by atoms with E-state index in [0.29, 0.717) is 22.2 Å². The lowest BCUT2D eigenvalue weighted by atomic mass is 10.2. The lowest BCUT2D eigenvalue weighted by Crippen LogP contribution is -2.23. The molecule has 3 rings (SSSR count). The summed E-state index contributed by atoms with van der Waals surface area (Å²) in [6.07, 6.45) is 4.51. The predicted molar refractivity (Wildman–Crippen MR) is 88.2 cm³/mol. The molecule has 122 valence electrons. The normalized spacial score (nSPS) is 10.8. The number of nitrogens with zero attached hydrogens (tertiary/aromatic N) is 3. The van der Waals surface area contributed by atoms with Crippen LogP contribution in [0.25, 0.3) is 10.9 Å². The summed E-state index contributed by atoms with van der Waals surface area (Å²) in [5.41, 5.74) is 1.18. The van der Waals surface area contributed by atoms with Crippen LogP contribution in [0.1, 0.15) is 12.0 Å². The van der Waals surface area contributed by atoms with Crippen LogP contribution in [0.5, 0.6) is 0 Å². The van der Waals surface area contributed by atoms with Crippen LogP contribution in [-0.4, -0.2) is 20.4 Å². The highest BCUT2D eigenvalue weighted by Gasteiger charge is 2.08. The lowest BCUT2D eigenvalue weighted by Gasteiger charge is -2.08. The maximum Gasteiger partial charge on any atom is 0.261 e. The average Bonchev–Trinajstić information content (AvgIpc) is 2.58. The smallest absolute Gasteiger partial charge is 0.261 e. The van der Waals surface area contributed by atoms with Gasteiger partial charge >= 0.3 is 0 Å². The van der Waals surface area contributed by atoms with Gasteiger partial charge < -0.3 is 5.32 Å². The first-order chi connectivity index (χ1) is 11.5. The molecule has 1 amide bonds. The van der Waals surface area contributed by atoms with Crippen LogP contribution >= 0.6 is 0 Å². The van der Waals surface area contributed by atoms with Gasteiger partial charge in [0.15, 0.2) is 0 Å². The van der Waals surface area contributed by atoms with Gasteiger partial charge in [0, 0.05) is 24.8 Å². The number of hydrogen-bond acceptors (Lipinski definition) is 4. The van der Waals surface area contributed by atoms with Crippen molar-refractivity contribution >= 4 is 22.5 Å². The number of carbonyl (C=O) groups excluding carboxylic acids is 1. The van der Waals surface area contributed by atoms with Crippen LogP contribution in [-0.2, 0) is 11.3 Å². The Labute approximate surface area is 137 Å². The molecule has 3 aromatic rings. The predicted octanol–water partition coefficient (Wildman–Crippen LogP) is 2.27. The Hall–Kier alpha value is -3.09. The number of carbonyl (C=O) groups is 1. The maximum atomic E-state index is 13.5. The van der Waals surface area contributed by atoms with Crippen LogP contribution in [0.15, 0.2) is 47.8 Å². The number of rotatable bonds is 4. The second-order valence-corrected chi connectivity index (χ2v) is 5.40. The minimum absolute atomic E-state index is 0.0771. The van der Waals surface area contributed by atoms with Crippen molar-refractivity contribution in [2.75, 3.05) is 5.32 Å². The van der Waals surface area contributed by atoms with Crippen LogP contribution in [0, 0.1) is 12.7 Å². The summed E-state index contributed by atoms with van der Waals surface area (Å²) in [6.45, 7) is 1.83. The van der Waals surface area contributed by atoms with E-state index in [0.717, 1.165) is 0 Å². The molecule has 1 N–H and O–H groups in total. The molecule has 0 fully saturated rings. The molecule has 7 heteroatoms. The number of aromatic nitrogens is 3. The molecule has 0 aliphatic rings. The van der Waals surface area contributed by atoms with Gasteiger partial charge in [-0.3, -0.25) is 19.1 Å². The first kappa shape index (κ1) is 15.8. The van der Waals surface area contributed by atoms with Gasteiger partial charge in [-0.05, 0) is 30.7 Å². The number of amides is 1. The summed E-state index contributed by atoms with van der Waals surface area (Å²) in [5.74, 6) is -0.684. The molecule has 0 unspecified atom stereocenters. The third kappa shape index (κ3) is 3.29. The number of hydrogen-bond donors (Lipinski definition) is 1. The molecule has 6 nitrogen and oxygen atoms in total. The van der Waals surface area contributed by atoms with Crippen LogP contribution in [0.2, 0.25) is 0 Å². The van der Waals surface area contributed by atoms with Crippen LogP contribution in [0.4, 0.5) is 10.1 Å². The zero-order valence-electron chi connectivity index (χ0n) is 13.0. The summed E-state index contributed by atoms with van der Waals surface area (Å²) >= 11 is 0. The fourth-order valence-corrected chi connectivity index (χ4v) is 2.28. The zero-order chi connectivity index (χ0) is 17.1. The lowest BCUT2D eigenvalue weighted by molar-refractivity contribution is -0.116. The monoisotopic (exact) mass is 326 g/mol. The fraction of sp³-hybridized carbons (Fsp3) is 0.176. The highest BCUT2D eigenvalue weighted by Crippen LogP contribution is 2.13. The Morgan fingerprint density at radius 1 is 1.33 bits per heavy atom. The summed E-state index contributed by atoms with van der Waals surface area (Å²) in [4.78, 5) is 32.3. The molecule has 0 radical (unpaired) electrons. The van der Waals surface area contributed by atoms with Crippen molar-refractivity contribution in [2.24, 2.45) is 0 Å². The molecule has 2 heterocycles. The molecule has 0 aliphatic carbocycles. The standard InChI is InChI=1S/C17H15FN4O2/c1-11-2-3-12(8-14(11)18)21-16(23)5-7-22-10-20-15-9-19-6-4-13(15)17(22)24/h2-4,6,8-10H,5,7H2,1H3,(H,21,23). The average molecular weight is 326 g/mol. The second kappa shape index (κ2) is 6.57. The van der Waals surface area contributed by atoms with Gasteiger partial charge in [0.05, 0.1) is 23.4 Å². The van der Waals surface area contributed by atoms with Crippen LogP contribution in [0.3, 0.4) is 0 Å². The molecule has 0 spiro atoms. The van der Waals surface area contributed by atoms with Crippen molar-refractivity contribution in [3.05, 3.63) is 64.7 Å². The topological polar surface area (TPSA) is 76.9 Å². The maximum absolute atomic E-state index is 13.5. The van der Waals surface area contributed by atoms with Gasteiger partial charge in [-0.15, -0.1) is 0 Å². The number of nitrogens with one attached hydrogen (secondary N) is 1. The SMILES string of the molecule is Cc1ccc(NC(=O)CCn2cnc3cnccc3c2=O)cc1F. The Morgan fingerprint density at radius 3 is 2.96 bits per heavy atom. The van der Waals surface area contributed by atoms with Crippen molar-refractivity contribution in [3.8, 4) is 0 Å². The van der Waals surface area contributed by atoms with E-state index in [9.17, 15) is 14.0 Å². The van der Waals surface area contributed by atoms with E-state index in [1.807, 2.05) is 0 Å². The first-order valence-electron chi connectivity index (χ1n) is 7.40. The van der Waals surface area contributed by atoms with Crippen LogP contribution < -0.4 is 10.9 Å². The van der Waals surface area contributed by atoms with Crippen molar-refractivity contribution in [2.45, 2.75) is 19.9 Å². The van der Waals surface area contributed by atoms with E-state index in [1.54, 1.807) is 25.1 Å². The molecule has 0 saturated carbocycles. The van der Waals surface area contributed by atoms with Gasteiger partial charge in [0.1, 0.15) is 5.82 Å². The molecule has 1 aromatic carbocycles. The van der Waals surface area contributed by atoms with E-state index in [4.69, 9.17) is 0 Å². The number of anilines is 1. The number of aryl methyl sites for hydroxylation is 2. The van der Waals surface area contributed by atoms with E-state index < -0.39 is 0 Å². The number of fused-ring (bicyclic) bond motifs is 1. The molecule has 24 heavy (non-hydrogen) atoms. The molecular weight excluding hydrogens is 311 g/mol. The quantitative estimate of drug-likeness (QED) is 0.798. The Bertz CT molecular complexity index is 968. The first-order valence-corrected chi connectivity index (χ1v) is 7.40. The van der Waals surface area contributed by atoms with Gasteiger partial charge in [-0.2, -0.15) is 0 Å².